The van der Waals surface area contributed by atoms with Crippen LogP contribution in [0.25, 0.3) is 11.0 Å². The lowest BCUT2D eigenvalue weighted by Gasteiger charge is -2.37. The van der Waals surface area contributed by atoms with Crippen LogP contribution in [-0.4, -0.2) is 42.9 Å². The van der Waals surface area contributed by atoms with Gasteiger partial charge in [-0.2, -0.15) is 0 Å². The number of benzene rings is 1. The molecule has 1 aliphatic heterocycles. The maximum absolute atomic E-state index is 5.47. The molecule has 0 amide bonds. The third-order valence-electron chi connectivity index (χ3n) is 4.52. The number of imidazole rings is 1. The Morgan fingerprint density at radius 3 is 2.81 bits per heavy atom. The highest BCUT2D eigenvalue weighted by atomic mass is 16.5. The highest BCUT2D eigenvalue weighted by Gasteiger charge is 2.32. The number of para-hydroxylation sites is 2. The minimum absolute atomic E-state index is 0.206. The Hall–Kier alpha value is -1.59. The number of hydrogen-bond donors (Lipinski definition) is 2. The molecule has 0 bridgehead atoms. The molecule has 2 heterocycles. The summed E-state index contributed by atoms with van der Waals surface area (Å²) in [6.45, 7) is 3.83. The predicted molar refractivity (Wildman–Crippen MR) is 85.6 cm³/mol. The topological polar surface area (TPSA) is 51.1 Å². The van der Waals surface area contributed by atoms with Crippen LogP contribution in [0.4, 0.5) is 5.95 Å². The van der Waals surface area contributed by atoms with E-state index in [1.54, 1.807) is 7.11 Å². The van der Waals surface area contributed by atoms with E-state index in [1.807, 2.05) is 12.1 Å². The molecule has 1 saturated heterocycles. The maximum Gasteiger partial charge on any atom is 0.203 e. The van der Waals surface area contributed by atoms with Crippen molar-refractivity contribution in [1.82, 2.24) is 14.9 Å². The van der Waals surface area contributed by atoms with Crippen LogP contribution >= 0.6 is 0 Å². The minimum atomic E-state index is 0.206. The van der Waals surface area contributed by atoms with Crippen LogP contribution in [0.3, 0.4) is 0 Å². The first-order valence-electron chi connectivity index (χ1n) is 7.59. The average molecular weight is 288 g/mol. The fourth-order valence-electron chi connectivity index (χ4n) is 3.21. The normalized spacial score (nSPS) is 18.0. The molecule has 1 fully saturated rings. The molecule has 0 saturated carbocycles. The van der Waals surface area contributed by atoms with Gasteiger partial charge in [-0.15, -0.1) is 0 Å². The molecular formula is C16H24N4O. The van der Waals surface area contributed by atoms with E-state index in [0.29, 0.717) is 0 Å². The summed E-state index contributed by atoms with van der Waals surface area (Å²) >= 11 is 0. The fraction of sp³-hybridized carbons (Fsp3) is 0.562. The van der Waals surface area contributed by atoms with Crippen molar-refractivity contribution in [3.05, 3.63) is 24.3 Å². The van der Waals surface area contributed by atoms with Crippen molar-refractivity contribution in [3.8, 4) is 0 Å². The van der Waals surface area contributed by atoms with Crippen LogP contribution < -0.4 is 10.6 Å². The molecule has 0 aliphatic carbocycles. The van der Waals surface area contributed by atoms with Crippen molar-refractivity contribution in [1.29, 1.82) is 0 Å². The van der Waals surface area contributed by atoms with Crippen molar-refractivity contribution in [2.45, 2.75) is 12.8 Å². The molecule has 5 nitrogen and oxygen atoms in total. The number of ether oxygens (including phenoxy) is 1. The summed E-state index contributed by atoms with van der Waals surface area (Å²) in [6.07, 6.45) is 2.27. The molecule has 0 radical (unpaired) electrons. The second kappa shape index (κ2) is 6.03. The Bertz CT molecular complexity index is 596. The third-order valence-corrected chi connectivity index (χ3v) is 4.52. The minimum Gasteiger partial charge on any atom is -0.384 e. The zero-order chi connectivity index (χ0) is 14.7. The molecule has 2 aromatic rings. The Balaban J connectivity index is 1.76. The van der Waals surface area contributed by atoms with E-state index in [-0.39, 0.29) is 5.41 Å². The first-order chi connectivity index (χ1) is 10.2. The van der Waals surface area contributed by atoms with Gasteiger partial charge in [0, 0.05) is 26.1 Å². The van der Waals surface area contributed by atoms with E-state index in [0.717, 1.165) is 56.1 Å². The molecule has 0 atom stereocenters. The van der Waals surface area contributed by atoms with Gasteiger partial charge in [-0.3, -0.25) is 0 Å². The van der Waals surface area contributed by atoms with Crippen molar-refractivity contribution >= 4 is 17.0 Å². The van der Waals surface area contributed by atoms with Gasteiger partial charge in [-0.1, -0.05) is 12.1 Å². The Morgan fingerprint density at radius 1 is 1.33 bits per heavy atom. The van der Waals surface area contributed by atoms with Crippen molar-refractivity contribution in [2.24, 2.45) is 12.5 Å². The van der Waals surface area contributed by atoms with Gasteiger partial charge in [0.15, 0.2) is 0 Å². The van der Waals surface area contributed by atoms with Crippen LogP contribution in [0.15, 0.2) is 24.3 Å². The molecule has 1 aromatic carbocycles. The van der Waals surface area contributed by atoms with Gasteiger partial charge in [-0.25, -0.2) is 4.98 Å². The number of aryl methyl sites for hydroxylation is 1. The third kappa shape index (κ3) is 2.89. The molecular weight excluding hydrogens is 264 g/mol. The van der Waals surface area contributed by atoms with E-state index in [1.165, 1.54) is 0 Å². The molecule has 0 unspecified atom stereocenters. The highest BCUT2D eigenvalue weighted by Crippen LogP contribution is 2.30. The molecule has 1 aliphatic rings. The summed E-state index contributed by atoms with van der Waals surface area (Å²) in [5.74, 6) is 0.935. The van der Waals surface area contributed by atoms with E-state index < -0.39 is 0 Å². The van der Waals surface area contributed by atoms with Gasteiger partial charge in [0.1, 0.15) is 0 Å². The van der Waals surface area contributed by atoms with Gasteiger partial charge in [0.25, 0.3) is 0 Å². The smallest absolute Gasteiger partial charge is 0.203 e. The highest BCUT2D eigenvalue weighted by molar-refractivity contribution is 5.78. The predicted octanol–water partition coefficient (Wildman–Crippen LogP) is 2.00. The zero-order valence-corrected chi connectivity index (χ0v) is 12.9. The van der Waals surface area contributed by atoms with Crippen LogP contribution in [0, 0.1) is 5.41 Å². The lowest BCUT2D eigenvalue weighted by molar-refractivity contribution is 0.0634. The monoisotopic (exact) mass is 288 g/mol. The Morgan fingerprint density at radius 2 is 2.10 bits per heavy atom. The van der Waals surface area contributed by atoms with Gasteiger partial charge in [-0.05, 0) is 38.1 Å². The number of methoxy groups -OCH3 is 1. The molecule has 114 valence electrons. The second-order valence-electron chi connectivity index (χ2n) is 6.02. The molecule has 21 heavy (non-hydrogen) atoms. The van der Waals surface area contributed by atoms with E-state index in [2.05, 4.69) is 39.4 Å². The lowest BCUT2D eigenvalue weighted by atomic mass is 9.79. The quantitative estimate of drug-likeness (QED) is 0.883. The Kier molecular flexibility index (Phi) is 4.12. The maximum atomic E-state index is 5.47. The van der Waals surface area contributed by atoms with Gasteiger partial charge >= 0.3 is 0 Å². The lowest BCUT2D eigenvalue weighted by Crippen LogP contribution is -2.44. The number of nitrogens with one attached hydrogen (secondary N) is 2. The van der Waals surface area contributed by atoms with Crippen molar-refractivity contribution < 1.29 is 4.74 Å². The van der Waals surface area contributed by atoms with E-state index >= 15 is 0 Å². The van der Waals surface area contributed by atoms with Crippen LogP contribution in [0.2, 0.25) is 0 Å². The second-order valence-corrected chi connectivity index (χ2v) is 6.02. The van der Waals surface area contributed by atoms with Crippen LogP contribution in [0.1, 0.15) is 12.8 Å². The number of hydrogen-bond acceptors (Lipinski definition) is 4. The SMILES string of the molecule is COCC1(CNc2nc3ccccc3n2C)CCNCC1. The van der Waals surface area contributed by atoms with Crippen LogP contribution in [0.5, 0.6) is 0 Å². The fourth-order valence-corrected chi connectivity index (χ4v) is 3.21. The van der Waals surface area contributed by atoms with E-state index in [9.17, 15) is 0 Å². The summed E-state index contributed by atoms with van der Waals surface area (Å²) in [5.41, 5.74) is 2.40. The molecule has 0 spiro atoms. The van der Waals surface area contributed by atoms with Crippen molar-refractivity contribution in [3.63, 3.8) is 0 Å². The molecule has 2 N–H and O–H groups in total. The van der Waals surface area contributed by atoms with Gasteiger partial charge in [0.2, 0.25) is 5.95 Å². The Labute approximate surface area is 125 Å². The van der Waals surface area contributed by atoms with Crippen LogP contribution in [-0.2, 0) is 11.8 Å². The zero-order valence-electron chi connectivity index (χ0n) is 12.9. The number of piperidine rings is 1. The summed E-state index contributed by atoms with van der Waals surface area (Å²) in [4.78, 5) is 4.68. The van der Waals surface area contributed by atoms with E-state index in [4.69, 9.17) is 4.74 Å². The first-order valence-corrected chi connectivity index (χ1v) is 7.59. The molecule has 1 aromatic heterocycles. The summed E-state index contributed by atoms with van der Waals surface area (Å²) in [5, 5.41) is 6.97. The number of anilines is 1. The largest absolute Gasteiger partial charge is 0.384 e. The standard InChI is InChI=1S/C16H24N4O/c1-20-14-6-4-3-5-13(14)19-15(20)18-11-16(12-21-2)7-9-17-10-8-16/h3-6,17H,7-12H2,1-2H3,(H,18,19). The number of fused-ring (bicyclic) bond motifs is 1. The number of aromatic nitrogens is 2. The first kappa shape index (κ1) is 14.4. The number of rotatable bonds is 5. The van der Waals surface area contributed by atoms with Crippen molar-refractivity contribution in [2.75, 3.05) is 38.7 Å². The summed E-state index contributed by atoms with van der Waals surface area (Å²) < 4.78 is 7.59. The van der Waals surface area contributed by atoms with Gasteiger partial charge in [0.05, 0.1) is 17.6 Å². The van der Waals surface area contributed by atoms with Gasteiger partial charge < -0.3 is 19.9 Å². The molecule has 5 heteroatoms. The summed E-state index contributed by atoms with van der Waals surface area (Å²) in [6, 6.07) is 8.23. The number of nitrogens with zero attached hydrogens (tertiary/aromatic N) is 2. The molecule has 3 rings (SSSR count). The summed E-state index contributed by atoms with van der Waals surface area (Å²) in [7, 11) is 3.85. The average Bonchev–Trinajstić information content (AvgIpc) is 2.84.